The molecular formula is C23H26NOPS2. The number of hydrogen-bond acceptors (Lipinski definition) is 2. The third-order valence-corrected chi connectivity index (χ3v) is 11.5. The van der Waals surface area contributed by atoms with Gasteiger partial charge in [-0.3, -0.25) is 0 Å². The van der Waals surface area contributed by atoms with Gasteiger partial charge in [-0.25, -0.2) is 8.93 Å². The molecule has 2 nitrogen and oxygen atoms in total. The van der Waals surface area contributed by atoms with Crippen LogP contribution in [0, 0.1) is 0 Å². The van der Waals surface area contributed by atoms with E-state index in [0.717, 1.165) is 16.2 Å². The molecule has 3 aromatic carbocycles. The van der Waals surface area contributed by atoms with E-state index in [2.05, 4.69) is 41.1 Å². The first-order valence-corrected chi connectivity index (χ1v) is 13.3. The van der Waals surface area contributed by atoms with Crippen molar-refractivity contribution in [3.05, 3.63) is 96.6 Å². The van der Waals surface area contributed by atoms with Crippen LogP contribution in [0.2, 0.25) is 0 Å². The van der Waals surface area contributed by atoms with Gasteiger partial charge >= 0.3 is 0 Å². The Hall–Kier alpha value is -1.58. The summed E-state index contributed by atoms with van der Waals surface area (Å²) < 4.78 is 16.2. The molecule has 28 heavy (non-hydrogen) atoms. The molecule has 0 aliphatic heterocycles. The predicted octanol–water partition coefficient (Wildman–Crippen LogP) is 4.87. The lowest BCUT2D eigenvalue weighted by Crippen LogP contribution is -2.38. The van der Waals surface area contributed by atoms with Gasteiger partial charge in [0.15, 0.2) is 0 Å². The van der Waals surface area contributed by atoms with Crippen molar-refractivity contribution >= 4 is 39.4 Å². The Kier molecular flexibility index (Phi) is 6.67. The van der Waals surface area contributed by atoms with Crippen molar-refractivity contribution in [3.63, 3.8) is 0 Å². The highest BCUT2D eigenvalue weighted by Crippen LogP contribution is 2.56. The zero-order valence-corrected chi connectivity index (χ0v) is 18.9. The summed E-state index contributed by atoms with van der Waals surface area (Å²) >= 11 is 6.49. The first-order chi connectivity index (χ1) is 13.3. The Labute approximate surface area is 176 Å². The smallest absolute Gasteiger partial charge is 0.0979 e. The fraction of sp³-hybridized carbons (Fsp3) is 0.217. The number of benzene rings is 3. The normalized spacial score (nSPS) is 14.4. The highest BCUT2D eigenvalue weighted by Gasteiger charge is 2.36. The minimum atomic E-state index is -2.35. The van der Waals surface area contributed by atoms with E-state index in [4.69, 9.17) is 11.8 Å². The molecule has 0 aliphatic rings. The summed E-state index contributed by atoms with van der Waals surface area (Å²) in [5, 5.41) is 2.23. The molecule has 5 heteroatoms. The van der Waals surface area contributed by atoms with Crippen LogP contribution in [0.4, 0.5) is 0 Å². The topological polar surface area (TPSA) is 29.1 Å². The average molecular weight is 428 g/mol. The van der Waals surface area contributed by atoms with E-state index >= 15 is 0 Å². The summed E-state index contributed by atoms with van der Waals surface area (Å²) in [6.45, 7) is 5.94. The molecule has 1 unspecified atom stereocenters. The largest absolute Gasteiger partial charge is 0.242 e. The molecule has 3 aromatic rings. The minimum Gasteiger partial charge on any atom is -0.242 e. The SMILES string of the molecule is CC(C)(C)S(=O)N[C@@H](c1ccccc1)P(=S)(c1ccccc1)c1ccccc1. The van der Waals surface area contributed by atoms with Crippen LogP contribution >= 0.6 is 6.04 Å². The van der Waals surface area contributed by atoms with Crippen LogP contribution in [0.25, 0.3) is 0 Å². The van der Waals surface area contributed by atoms with Crippen molar-refractivity contribution in [1.82, 2.24) is 4.72 Å². The minimum absolute atomic E-state index is 0.228. The molecule has 0 aromatic heterocycles. The first-order valence-electron chi connectivity index (χ1n) is 9.27. The van der Waals surface area contributed by atoms with Crippen molar-refractivity contribution in [2.24, 2.45) is 0 Å². The van der Waals surface area contributed by atoms with Gasteiger partial charge in [0, 0.05) is 6.04 Å². The van der Waals surface area contributed by atoms with Gasteiger partial charge in [0.05, 0.1) is 21.5 Å². The summed E-state index contributed by atoms with van der Waals surface area (Å²) in [6.07, 6.45) is 0. The Balaban J connectivity index is 2.23. The summed E-state index contributed by atoms with van der Waals surface area (Å²) in [7, 11) is -1.25. The molecule has 0 spiro atoms. The molecule has 2 atom stereocenters. The van der Waals surface area contributed by atoms with E-state index in [1.165, 1.54) is 0 Å². The third kappa shape index (κ3) is 4.52. The maximum atomic E-state index is 13.1. The lowest BCUT2D eigenvalue weighted by Gasteiger charge is -2.35. The van der Waals surface area contributed by atoms with Gasteiger partial charge in [-0.2, -0.15) is 0 Å². The third-order valence-electron chi connectivity index (χ3n) is 4.53. The monoisotopic (exact) mass is 427 g/mol. The fourth-order valence-corrected chi connectivity index (χ4v) is 8.78. The molecule has 0 saturated carbocycles. The van der Waals surface area contributed by atoms with E-state index < -0.39 is 17.0 Å². The highest BCUT2D eigenvalue weighted by atomic mass is 32.4. The van der Waals surface area contributed by atoms with Crippen LogP contribution in [0.1, 0.15) is 32.1 Å². The van der Waals surface area contributed by atoms with E-state index in [0.29, 0.717) is 0 Å². The van der Waals surface area contributed by atoms with E-state index in [9.17, 15) is 4.21 Å². The predicted molar refractivity (Wildman–Crippen MR) is 127 cm³/mol. The summed E-state index contributed by atoms with van der Waals surface area (Å²) in [4.78, 5) is 0. The molecule has 1 N–H and O–H groups in total. The van der Waals surface area contributed by atoms with Crippen LogP contribution in [0.15, 0.2) is 91.0 Å². The van der Waals surface area contributed by atoms with Gasteiger partial charge in [0.25, 0.3) is 0 Å². The molecule has 0 amide bonds. The zero-order valence-electron chi connectivity index (χ0n) is 16.4. The van der Waals surface area contributed by atoms with Gasteiger partial charge in [0.1, 0.15) is 0 Å². The molecule has 0 bridgehead atoms. The van der Waals surface area contributed by atoms with Crippen LogP contribution in [-0.2, 0) is 22.8 Å². The quantitative estimate of drug-likeness (QED) is 0.569. The summed E-state index contributed by atoms with van der Waals surface area (Å²) in [5.41, 5.74) is 1.07. The fourth-order valence-electron chi connectivity index (χ4n) is 3.01. The van der Waals surface area contributed by atoms with Crippen LogP contribution < -0.4 is 15.3 Å². The van der Waals surface area contributed by atoms with Gasteiger partial charge in [0.2, 0.25) is 0 Å². The zero-order chi connectivity index (χ0) is 20.2. The molecule has 0 heterocycles. The molecule has 0 fully saturated rings. The van der Waals surface area contributed by atoms with E-state index in [1.807, 2.05) is 75.4 Å². The summed E-state index contributed by atoms with van der Waals surface area (Å²) in [6, 6.07) is 28.4. The average Bonchev–Trinajstić information content (AvgIpc) is 2.72. The number of nitrogens with one attached hydrogen (secondary N) is 1. The standard InChI is InChI=1S/C23H26NOPS2/c1-23(2,3)28(25)24-22(19-13-7-4-8-14-19)26(27,20-15-9-5-10-16-20)21-17-11-6-12-18-21/h4-18,22,24H,1-3H3/t22-,28?/m1/s1. The van der Waals surface area contributed by atoms with E-state index in [-0.39, 0.29) is 10.5 Å². The summed E-state index contributed by atoms with van der Waals surface area (Å²) in [5.74, 6) is -0.228. The van der Waals surface area contributed by atoms with Crippen molar-refractivity contribution in [2.45, 2.75) is 31.3 Å². The maximum absolute atomic E-state index is 13.1. The Bertz CT molecular complexity index is 926. The van der Waals surface area contributed by atoms with Crippen molar-refractivity contribution in [1.29, 1.82) is 0 Å². The van der Waals surface area contributed by atoms with Crippen LogP contribution in [-0.4, -0.2) is 8.96 Å². The Morgan fingerprint density at radius 2 is 1.18 bits per heavy atom. The lowest BCUT2D eigenvalue weighted by molar-refractivity contribution is 0.633. The van der Waals surface area contributed by atoms with Crippen LogP contribution in [0.3, 0.4) is 0 Å². The van der Waals surface area contributed by atoms with Gasteiger partial charge in [-0.1, -0.05) is 103 Å². The lowest BCUT2D eigenvalue weighted by atomic mass is 10.2. The first kappa shape index (κ1) is 21.1. The Morgan fingerprint density at radius 3 is 1.57 bits per heavy atom. The molecule has 3 rings (SSSR count). The second-order valence-electron chi connectivity index (χ2n) is 7.64. The van der Waals surface area contributed by atoms with Crippen LogP contribution in [0.5, 0.6) is 0 Å². The number of rotatable bonds is 6. The second-order valence-corrected chi connectivity index (χ2v) is 14.2. The van der Waals surface area contributed by atoms with Gasteiger partial charge < -0.3 is 0 Å². The van der Waals surface area contributed by atoms with Gasteiger partial charge in [-0.15, -0.1) is 0 Å². The Morgan fingerprint density at radius 1 is 0.786 bits per heavy atom. The highest BCUT2D eigenvalue weighted by molar-refractivity contribution is 8.22. The van der Waals surface area contributed by atoms with E-state index in [1.54, 1.807) is 0 Å². The molecular weight excluding hydrogens is 401 g/mol. The number of hydrogen-bond donors (Lipinski definition) is 1. The van der Waals surface area contributed by atoms with Crippen molar-refractivity contribution in [3.8, 4) is 0 Å². The van der Waals surface area contributed by atoms with Gasteiger partial charge in [-0.05, 0) is 36.9 Å². The van der Waals surface area contributed by atoms with Crippen molar-refractivity contribution in [2.75, 3.05) is 0 Å². The molecule has 0 aliphatic carbocycles. The van der Waals surface area contributed by atoms with Crippen molar-refractivity contribution < 1.29 is 4.21 Å². The second kappa shape index (κ2) is 8.84. The molecule has 146 valence electrons. The molecule has 0 radical (unpaired) electrons. The maximum Gasteiger partial charge on any atom is 0.0979 e. The molecule has 0 saturated heterocycles.